The van der Waals surface area contributed by atoms with Gasteiger partial charge in [-0.1, -0.05) is 13.8 Å². The standard InChI is InChI=1S/C24H24N2O4S/c1-13(2)16-11-17-15(10-21(27)30-19(17)9-14(16)3)12-26-22(28)24(25-23(26)29)7-4-5-20-18(24)6-8-31-20/h6,8-11,13H,4-5,7,12H2,1-3H3,(H,25,29). The summed E-state index contributed by atoms with van der Waals surface area (Å²) in [5.41, 5.74) is 2.73. The Kier molecular flexibility index (Phi) is 4.55. The maximum atomic E-state index is 13.6. The number of benzene rings is 1. The van der Waals surface area contributed by atoms with Crippen molar-refractivity contribution in [3.63, 3.8) is 0 Å². The molecule has 2 aliphatic rings. The van der Waals surface area contributed by atoms with E-state index < -0.39 is 17.2 Å². The van der Waals surface area contributed by atoms with Gasteiger partial charge in [-0.15, -0.1) is 11.3 Å². The van der Waals surface area contributed by atoms with Gasteiger partial charge >= 0.3 is 11.7 Å². The van der Waals surface area contributed by atoms with Crippen molar-refractivity contribution in [3.05, 3.63) is 67.2 Å². The first-order chi connectivity index (χ1) is 14.8. The highest BCUT2D eigenvalue weighted by atomic mass is 32.1. The van der Waals surface area contributed by atoms with E-state index in [-0.39, 0.29) is 12.5 Å². The van der Waals surface area contributed by atoms with Gasteiger partial charge in [-0.25, -0.2) is 9.59 Å². The fourth-order valence-corrected chi connectivity index (χ4v) is 6.00. The van der Waals surface area contributed by atoms with Crippen LogP contribution >= 0.6 is 11.3 Å². The van der Waals surface area contributed by atoms with Crippen molar-refractivity contribution in [3.8, 4) is 0 Å². The molecule has 31 heavy (non-hydrogen) atoms. The Labute approximate surface area is 183 Å². The molecule has 6 nitrogen and oxygen atoms in total. The van der Waals surface area contributed by atoms with E-state index in [0.717, 1.165) is 39.8 Å². The average molecular weight is 437 g/mol. The van der Waals surface area contributed by atoms with Crippen molar-refractivity contribution in [2.24, 2.45) is 0 Å². The van der Waals surface area contributed by atoms with Crippen LogP contribution in [0, 0.1) is 6.92 Å². The minimum Gasteiger partial charge on any atom is -0.423 e. The van der Waals surface area contributed by atoms with E-state index >= 15 is 0 Å². The fraction of sp³-hybridized carbons (Fsp3) is 0.375. The summed E-state index contributed by atoms with van der Waals surface area (Å²) in [5.74, 6) is 0.0536. The summed E-state index contributed by atoms with van der Waals surface area (Å²) in [6.07, 6.45) is 2.37. The number of amides is 3. The molecule has 1 aliphatic heterocycles. The molecule has 160 valence electrons. The van der Waals surface area contributed by atoms with Gasteiger partial charge in [0, 0.05) is 21.9 Å². The summed E-state index contributed by atoms with van der Waals surface area (Å²) in [6.45, 7) is 6.24. The van der Waals surface area contributed by atoms with Crippen LogP contribution in [0.1, 0.15) is 59.7 Å². The molecular weight excluding hydrogens is 412 g/mol. The third kappa shape index (κ3) is 3.02. The van der Waals surface area contributed by atoms with Crippen molar-refractivity contribution in [1.29, 1.82) is 0 Å². The summed E-state index contributed by atoms with van der Waals surface area (Å²) < 4.78 is 5.42. The molecule has 3 aromatic rings. The molecule has 7 heteroatoms. The molecule has 0 radical (unpaired) electrons. The van der Waals surface area contributed by atoms with Crippen LogP contribution in [0.25, 0.3) is 11.0 Å². The summed E-state index contributed by atoms with van der Waals surface area (Å²) >= 11 is 1.63. The number of hydrogen-bond donors (Lipinski definition) is 1. The maximum absolute atomic E-state index is 13.6. The van der Waals surface area contributed by atoms with Gasteiger partial charge in [0.15, 0.2) is 0 Å². The molecule has 1 aliphatic carbocycles. The molecule has 0 saturated carbocycles. The van der Waals surface area contributed by atoms with Gasteiger partial charge < -0.3 is 9.73 Å². The highest BCUT2D eigenvalue weighted by Crippen LogP contribution is 2.42. The highest BCUT2D eigenvalue weighted by molar-refractivity contribution is 7.10. The Morgan fingerprint density at radius 1 is 1.23 bits per heavy atom. The van der Waals surface area contributed by atoms with Gasteiger partial charge in [-0.2, -0.15) is 0 Å². The number of thiophene rings is 1. The molecule has 1 unspecified atom stereocenters. The first-order valence-electron chi connectivity index (χ1n) is 10.6. The van der Waals surface area contributed by atoms with Crippen molar-refractivity contribution >= 4 is 34.2 Å². The normalized spacial score (nSPS) is 20.7. The average Bonchev–Trinajstić information content (AvgIpc) is 3.28. The minimum absolute atomic E-state index is 0.0363. The van der Waals surface area contributed by atoms with Gasteiger partial charge in [0.05, 0.1) is 6.54 Å². The number of hydrogen-bond acceptors (Lipinski definition) is 5. The van der Waals surface area contributed by atoms with E-state index in [9.17, 15) is 14.4 Å². The molecule has 1 fully saturated rings. The lowest BCUT2D eigenvalue weighted by Crippen LogP contribution is -2.46. The minimum atomic E-state index is -0.987. The molecule has 2 aromatic heterocycles. The second kappa shape index (κ2) is 7.05. The lowest BCUT2D eigenvalue weighted by Gasteiger charge is -2.31. The first-order valence-corrected chi connectivity index (χ1v) is 11.5. The van der Waals surface area contributed by atoms with Crippen LogP contribution in [0.5, 0.6) is 0 Å². The number of imide groups is 1. The van der Waals surface area contributed by atoms with Gasteiger partial charge in [-0.3, -0.25) is 9.69 Å². The molecule has 3 heterocycles. The molecule has 1 aromatic carbocycles. The quantitative estimate of drug-likeness (QED) is 0.482. The number of nitrogens with zero attached hydrogens (tertiary/aromatic N) is 1. The van der Waals surface area contributed by atoms with E-state index in [2.05, 4.69) is 19.2 Å². The third-order valence-electron chi connectivity index (χ3n) is 6.50. The van der Waals surface area contributed by atoms with Crippen molar-refractivity contribution in [2.75, 3.05) is 0 Å². The molecule has 1 spiro atoms. The summed E-state index contributed by atoms with van der Waals surface area (Å²) in [7, 11) is 0. The second-order valence-corrected chi connectivity index (χ2v) is 9.79. The van der Waals surface area contributed by atoms with Crippen LogP contribution in [0.2, 0.25) is 0 Å². The van der Waals surface area contributed by atoms with Gasteiger partial charge in [0.2, 0.25) is 0 Å². The van der Waals surface area contributed by atoms with Crippen LogP contribution in [0.15, 0.2) is 38.9 Å². The molecule has 1 atom stereocenters. The zero-order chi connectivity index (χ0) is 21.9. The summed E-state index contributed by atoms with van der Waals surface area (Å²) in [6, 6.07) is 6.80. The van der Waals surface area contributed by atoms with E-state index in [0.29, 0.717) is 23.5 Å². The number of urea groups is 1. The van der Waals surface area contributed by atoms with E-state index in [1.807, 2.05) is 30.5 Å². The van der Waals surface area contributed by atoms with Crippen LogP contribution < -0.4 is 10.9 Å². The van der Waals surface area contributed by atoms with E-state index in [1.165, 1.54) is 11.0 Å². The molecule has 3 amide bonds. The molecule has 1 N–H and O–H groups in total. The zero-order valence-electron chi connectivity index (χ0n) is 17.8. The predicted octanol–water partition coefficient (Wildman–Crippen LogP) is 4.57. The van der Waals surface area contributed by atoms with Gasteiger partial charge in [0.1, 0.15) is 11.1 Å². The molecule has 0 bridgehead atoms. The lowest BCUT2D eigenvalue weighted by atomic mass is 9.80. The zero-order valence-corrected chi connectivity index (χ0v) is 18.6. The topological polar surface area (TPSA) is 79.6 Å². The summed E-state index contributed by atoms with van der Waals surface area (Å²) in [4.78, 5) is 41.1. The van der Waals surface area contributed by atoms with Crippen LogP contribution in [0.4, 0.5) is 4.79 Å². The van der Waals surface area contributed by atoms with E-state index in [4.69, 9.17) is 4.42 Å². The van der Waals surface area contributed by atoms with Gasteiger partial charge in [0.25, 0.3) is 5.91 Å². The molecule has 1 saturated heterocycles. The molecule has 5 rings (SSSR count). The fourth-order valence-electron chi connectivity index (χ4n) is 5.00. The number of nitrogens with one attached hydrogen (secondary N) is 1. The Hall–Kier alpha value is -2.93. The predicted molar refractivity (Wildman–Crippen MR) is 119 cm³/mol. The Morgan fingerprint density at radius 2 is 2.03 bits per heavy atom. The second-order valence-electron chi connectivity index (χ2n) is 8.79. The first kappa shape index (κ1) is 20.0. The van der Waals surface area contributed by atoms with E-state index in [1.54, 1.807) is 11.3 Å². The summed E-state index contributed by atoms with van der Waals surface area (Å²) in [5, 5.41) is 5.71. The Bertz CT molecular complexity index is 1290. The monoisotopic (exact) mass is 436 g/mol. The highest BCUT2D eigenvalue weighted by Gasteiger charge is 2.54. The smallest absolute Gasteiger partial charge is 0.336 e. The molecular formula is C24H24N2O4S. The van der Waals surface area contributed by atoms with Gasteiger partial charge in [-0.05, 0) is 72.4 Å². The third-order valence-corrected chi connectivity index (χ3v) is 7.48. The number of carbonyl (C=O) groups excluding carboxylic acids is 2. The SMILES string of the molecule is Cc1cc2oc(=O)cc(CN3C(=O)NC4(CCCc5sccc54)C3=O)c2cc1C(C)C. The number of carbonyl (C=O) groups is 2. The number of fused-ring (bicyclic) bond motifs is 3. The Balaban J connectivity index is 1.58. The number of rotatable bonds is 3. The van der Waals surface area contributed by atoms with Crippen LogP contribution in [-0.4, -0.2) is 16.8 Å². The van der Waals surface area contributed by atoms with Crippen LogP contribution in [-0.2, 0) is 23.3 Å². The lowest BCUT2D eigenvalue weighted by molar-refractivity contribution is -0.132. The largest absolute Gasteiger partial charge is 0.423 e. The van der Waals surface area contributed by atoms with Crippen LogP contribution in [0.3, 0.4) is 0 Å². The maximum Gasteiger partial charge on any atom is 0.336 e. The Morgan fingerprint density at radius 3 is 2.81 bits per heavy atom. The van der Waals surface area contributed by atoms with Crippen molar-refractivity contribution in [1.82, 2.24) is 10.2 Å². The number of aryl methyl sites for hydroxylation is 2. The van der Waals surface area contributed by atoms with Crippen molar-refractivity contribution < 1.29 is 14.0 Å². The van der Waals surface area contributed by atoms with Crippen molar-refractivity contribution in [2.45, 2.75) is 58.0 Å².